The number of nitrogens with zero attached hydrogens (tertiary/aromatic N) is 4. The number of nitrogens with one attached hydrogen (secondary N) is 1. The number of halogens is 1. The molecule has 0 aliphatic carbocycles. The second-order valence-corrected chi connectivity index (χ2v) is 10.3. The Kier molecular flexibility index (Phi) is 13.3. The predicted molar refractivity (Wildman–Crippen MR) is 161 cm³/mol. The fraction of sp³-hybridized carbons (Fsp3) is 0.276. The van der Waals surface area contributed by atoms with Gasteiger partial charge in [0.05, 0.1) is 24.1 Å². The van der Waals surface area contributed by atoms with Crippen molar-refractivity contribution < 1.29 is 19.6 Å². The second-order valence-electron chi connectivity index (χ2n) is 9.94. The predicted octanol–water partition coefficient (Wildman–Crippen LogP) is 4.25. The van der Waals surface area contributed by atoms with Gasteiger partial charge in [-0.25, -0.2) is 9.78 Å². The van der Waals surface area contributed by atoms with E-state index in [0.29, 0.717) is 10.6 Å². The van der Waals surface area contributed by atoms with Gasteiger partial charge in [0.25, 0.3) is 0 Å². The highest BCUT2D eigenvalue weighted by molar-refractivity contribution is 6.58. The fourth-order valence-electron chi connectivity index (χ4n) is 3.27. The summed E-state index contributed by atoms with van der Waals surface area (Å²) in [6, 6.07) is 14.6. The van der Waals surface area contributed by atoms with E-state index in [0.717, 1.165) is 22.4 Å². The highest BCUT2D eigenvalue weighted by Crippen LogP contribution is 2.19. The third-order valence-electron chi connectivity index (χ3n) is 5.25. The quantitative estimate of drug-likeness (QED) is 0.254. The Labute approximate surface area is 246 Å². The molecule has 0 aliphatic rings. The van der Waals surface area contributed by atoms with Gasteiger partial charge < -0.3 is 25.8 Å². The summed E-state index contributed by atoms with van der Waals surface area (Å²) in [5.74, 6) is 0. The molecule has 0 fully saturated rings. The standard InChI is InChI=1S/C13H20BNO4.C12H13N3.C4H3ClN2/c1-9(15-12(16)19-13(2,3)4)10-6-5-7-11(8-10)14(17)18;1-9(13)10-3-2-4-11(7-10)12-8-14-5-6-15-12;5-4-3-6-1-2-7-4/h5-9,17-18H,1-4H3,(H,15,16);2-9H,13H2,1H3;1-3H/t2*9-;/m00./s1. The molecule has 0 bridgehead atoms. The molecule has 2 aromatic heterocycles. The summed E-state index contributed by atoms with van der Waals surface area (Å²) in [7, 11) is -1.52. The molecule has 0 aliphatic heterocycles. The van der Waals surface area contributed by atoms with Gasteiger partial charge in [0.2, 0.25) is 0 Å². The van der Waals surface area contributed by atoms with Crippen LogP contribution in [0.4, 0.5) is 4.79 Å². The lowest BCUT2D eigenvalue weighted by molar-refractivity contribution is 0.0508. The summed E-state index contributed by atoms with van der Waals surface area (Å²) in [5, 5.41) is 21.3. The molecule has 216 valence electrons. The van der Waals surface area contributed by atoms with E-state index in [1.165, 1.54) is 6.20 Å². The van der Waals surface area contributed by atoms with Gasteiger partial charge in [0, 0.05) is 36.4 Å². The van der Waals surface area contributed by atoms with E-state index in [1.54, 1.807) is 82.9 Å². The number of carbonyl (C=O) groups is 1. The van der Waals surface area contributed by atoms with Crippen molar-refractivity contribution in [2.24, 2.45) is 5.73 Å². The molecule has 0 unspecified atom stereocenters. The van der Waals surface area contributed by atoms with Gasteiger partial charge in [-0.1, -0.05) is 54.1 Å². The van der Waals surface area contributed by atoms with Crippen LogP contribution in [0.15, 0.2) is 85.7 Å². The zero-order valence-corrected chi connectivity index (χ0v) is 24.5. The number of hydrogen-bond donors (Lipinski definition) is 4. The van der Waals surface area contributed by atoms with Crippen LogP contribution in [0.2, 0.25) is 5.15 Å². The first-order chi connectivity index (χ1) is 19.4. The summed E-state index contributed by atoms with van der Waals surface area (Å²) < 4.78 is 5.16. The highest BCUT2D eigenvalue weighted by Gasteiger charge is 2.19. The Morgan fingerprint density at radius 2 is 1.59 bits per heavy atom. The number of nitrogens with two attached hydrogens (primary N) is 1. The topological polar surface area (TPSA) is 156 Å². The van der Waals surface area contributed by atoms with Crippen LogP contribution in [0.5, 0.6) is 0 Å². The summed E-state index contributed by atoms with van der Waals surface area (Å²) in [6.07, 6.45) is 9.21. The fourth-order valence-corrected chi connectivity index (χ4v) is 3.38. The first-order valence-electron chi connectivity index (χ1n) is 12.8. The Hall–Kier alpha value is -3.90. The highest BCUT2D eigenvalue weighted by atomic mass is 35.5. The second kappa shape index (κ2) is 16.4. The van der Waals surface area contributed by atoms with Crippen molar-refractivity contribution in [3.8, 4) is 11.3 Å². The summed E-state index contributed by atoms with van der Waals surface area (Å²) in [5.41, 5.74) is 9.47. The van der Waals surface area contributed by atoms with Gasteiger partial charge >= 0.3 is 13.2 Å². The lowest BCUT2D eigenvalue weighted by Gasteiger charge is -2.22. The number of benzene rings is 2. The maximum atomic E-state index is 11.6. The van der Waals surface area contributed by atoms with E-state index in [9.17, 15) is 4.79 Å². The van der Waals surface area contributed by atoms with E-state index >= 15 is 0 Å². The van der Waals surface area contributed by atoms with Crippen molar-refractivity contribution in [1.82, 2.24) is 25.3 Å². The maximum absolute atomic E-state index is 11.6. The number of carbonyl (C=O) groups excluding carboxylic acids is 1. The molecule has 4 aromatic rings. The molecule has 2 atom stereocenters. The van der Waals surface area contributed by atoms with Crippen molar-refractivity contribution in [2.45, 2.75) is 52.3 Å². The van der Waals surface area contributed by atoms with Crippen LogP contribution in [0.3, 0.4) is 0 Å². The molecule has 4 rings (SSSR count). The van der Waals surface area contributed by atoms with Gasteiger partial charge in [-0.05, 0) is 57.3 Å². The smallest absolute Gasteiger partial charge is 0.444 e. The maximum Gasteiger partial charge on any atom is 0.488 e. The van der Waals surface area contributed by atoms with E-state index in [1.807, 2.05) is 25.1 Å². The Morgan fingerprint density at radius 3 is 2.10 bits per heavy atom. The molecule has 0 saturated carbocycles. The third kappa shape index (κ3) is 12.9. The first kappa shape index (κ1) is 33.3. The van der Waals surface area contributed by atoms with E-state index < -0.39 is 18.8 Å². The van der Waals surface area contributed by atoms with Crippen LogP contribution in [-0.2, 0) is 4.74 Å². The number of aromatic nitrogens is 4. The molecule has 10 nitrogen and oxygen atoms in total. The van der Waals surface area contributed by atoms with Crippen LogP contribution in [0.1, 0.15) is 57.8 Å². The zero-order valence-electron chi connectivity index (χ0n) is 23.8. The van der Waals surface area contributed by atoms with Crippen LogP contribution in [0.25, 0.3) is 11.3 Å². The minimum Gasteiger partial charge on any atom is -0.444 e. The SMILES string of the molecule is C[C@H](N)c1cccc(-c2cnccn2)c1.C[C@H](NC(=O)OC(C)(C)C)c1cccc(B(O)O)c1.Clc1cnccn1. The van der Waals surface area contributed by atoms with E-state index in [4.69, 9.17) is 32.1 Å². The molecule has 12 heteroatoms. The number of amides is 1. The van der Waals surface area contributed by atoms with Crippen LogP contribution >= 0.6 is 11.6 Å². The molecule has 0 spiro atoms. The summed E-state index contributed by atoms with van der Waals surface area (Å²) >= 11 is 5.37. The Balaban J connectivity index is 0.000000236. The number of alkyl carbamates (subject to hydrolysis) is 1. The largest absolute Gasteiger partial charge is 0.488 e. The van der Waals surface area contributed by atoms with Crippen molar-refractivity contribution in [2.75, 3.05) is 0 Å². The molecular weight excluding hydrogens is 543 g/mol. The van der Waals surface area contributed by atoms with Gasteiger partial charge in [0.15, 0.2) is 0 Å². The number of hydrogen-bond acceptors (Lipinski definition) is 9. The van der Waals surface area contributed by atoms with Crippen molar-refractivity contribution in [3.63, 3.8) is 0 Å². The average Bonchev–Trinajstić information content (AvgIpc) is 2.94. The van der Waals surface area contributed by atoms with Crippen molar-refractivity contribution in [3.05, 3.63) is 102 Å². The number of rotatable bonds is 5. The van der Waals surface area contributed by atoms with Crippen LogP contribution in [-0.4, -0.2) is 48.8 Å². The van der Waals surface area contributed by atoms with Gasteiger partial charge in [0.1, 0.15) is 10.8 Å². The minimum absolute atomic E-state index is 0.0432. The molecule has 2 heterocycles. The Bertz CT molecular complexity index is 1340. The first-order valence-corrected chi connectivity index (χ1v) is 13.2. The third-order valence-corrected chi connectivity index (χ3v) is 5.44. The lowest BCUT2D eigenvalue weighted by atomic mass is 9.79. The van der Waals surface area contributed by atoms with Crippen LogP contribution in [0, 0.1) is 0 Å². The monoisotopic (exact) mass is 578 g/mol. The normalized spacial score (nSPS) is 11.9. The molecule has 2 aromatic carbocycles. The minimum atomic E-state index is -1.52. The van der Waals surface area contributed by atoms with E-state index in [-0.39, 0.29) is 12.1 Å². The molecule has 1 amide bonds. The van der Waals surface area contributed by atoms with Crippen LogP contribution < -0.4 is 16.5 Å². The summed E-state index contributed by atoms with van der Waals surface area (Å²) in [4.78, 5) is 27.3. The Morgan fingerprint density at radius 1 is 0.951 bits per heavy atom. The van der Waals surface area contributed by atoms with Crippen molar-refractivity contribution in [1.29, 1.82) is 0 Å². The van der Waals surface area contributed by atoms with Gasteiger partial charge in [-0.3, -0.25) is 15.0 Å². The molecular formula is C29H36BClN6O4. The van der Waals surface area contributed by atoms with E-state index in [2.05, 4.69) is 31.3 Å². The average molecular weight is 579 g/mol. The molecule has 41 heavy (non-hydrogen) atoms. The lowest BCUT2D eigenvalue weighted by Crippen LogP contribution is -2.35. The summed E-state index contributed by atoms with van der Waals surface area (Å²) in [6.45, 7) is 9.14. The van der Waals surface area contributed by atoms with Gasteiger partial charge in [-0.2, -0.15) is 0 Å². The number of ether oxygens (including phenoxy) is 1. The zero-order chi connectivity index (χ0) is 30.4. The molecule has 0 saturated heterocycles. The molecule has 5 N–H and O–H groups in total. The van der Waals surface area contributed by atoms with Crippen molar-refractivity contribution >= 4 is 30.3 Å². The molecule has 0 radical (unpaired) electrons. The van der Waals surface area contributed by atoms with Gasteiger partial charge in [-0.15, -0.1) is 0 Å².